The van der Waals surface area contributed by atoms with Gasteiger partial charge in [-0.3, -0.25) is 14.3 Å². The molecule has 0 saturated heterocycles. The number of aromatic amines is 1. The molecule has 3 aromatic rings. The van der Waals surface area contributed by atoms with Gasteiger partial charge in [-0.15, -0.1) is 0 Å². The normalized spacial score (nSPS) is 13.1. The highest BCUT2D eigenvalue weighted by molar-refractivity contribution is 7.71. The van der Waals surface area contributed by atoms with Crippen molar-refractivity contribution in [2.45, 2.75) is 45.8 Å². The van der Waals surface area contributed by atoms with Gasteiger partial charge >= 0.3 is 6.18 Å². The Morgan fingerprint density at radius 1 is 1.21 bits per heavy atom. The lowest BCUT2D eigenvalue weighted by atomic mass is 10.0. The molecule has 0 saturated carbocycles. The molecule has 1 N–H and O–H groups in total. The summed E-state index contributed by atoms with van der Waals surface area (Å²) in [5.41, 5.74) is -0.175. The predicted octanol–water partition coefficient (Wildman–Crippen LogP) is 5.67. The molecule has 148 valence electrons. The number of nitrogens with one attached hydrogen (secondary N) is 1. The quantitative estimate of drug-likeness (QED) is 0.567. The van der Waals surface area contributed by atoms with Crippen LogP contribution in [-0.4, -0.2) is 14.5 Å². The fraction of sp³-hybridized carbons (Fsp3) is 0.350. The van der Waals surface area contributed by atoms with Crippen LogP contribution in [-0.2, 0) is 12.6 Å². The Balaban J connectivity index is 2.45. The number of benzene rings is 1. The van der Waals surface area contributed by atoms with Gasteiger partial charge in [0.25, 0.3) is 5.56 Å². The molecule has 0 aliphatic rings. The first kappa shape index (κ1) is 20.3. The van der Waals surface area contributed by atoms with Gasteiger partial charge in [0.2, 0.25) is 0 Å². The van der Waals surface area contributed by atoms with E-state index in [1.807, 2.05) is 32.9 Å². The maximum atomic E-state index is 13.8. The Hall–Kier alpha value is -2.48. The number of hydrogen-bond acceptors (Lipinski definition) is 3. The summed E-state index contributed by atoms with van der Waals surface area (Å²) < 4.78 is 43.0. The molecule has 28 heavy (non-hydrogen) atoms. The summed E-state index contributed by atoms with van der Waals surface area (Å²) in [5, 5.41) is -0.490. The fourth-order valence-electron chi connectivity index (χ4n) is 3.12. The van der Waals surface area contributed by atoms with Crippen molar-refractivity contribution in [3.63, 3.8) is 0 Å². The van der Waals surface area contributed by atoms with Crippen molar-refractivity contribution in [3.05, 3.63) is 56.6 Å². The van der Waals surface area contributed by atoms with Crippen LogP contribution in [0.5, 0.6) is 0 Å². The maximum Gasteiger partial charge on any atom is 0.417 e. The zero-order valence-corrected chi connectivity index (χ0v) is 16.5. The van der Waals surface area contributed by atoms with Crippen LogP contribution >= 0.6 is 12.2 Å². The van der Waals surface area contributed by atoms with Crippen LogP contribution in [0.3, 0.4) is 0 Å². The second kappa shape index (κ2) is 7.50. The fourth-order valence-corrected chi connectivity index (χ4v) is 3.48. The second-order valence-corrected chi connectivity index (χ2v) is 7.08. The molecule has 3 rings (SSSR count). The minimum absolute atomic E-state index is 0.0486. The number of fused-ring (bicyclic) bond motifs is 1. The highest BCUT2D eigenvalue weighted by Gasteiger charge is 2.35. The van der Waals surface area contributed by atoms with Gasteiger partial charge in [0.1, 0.15) is 5.65 Å². The van der Waals surface area contributed by atoms with Crippen LogP contribution in [0.25, 0.3) is 22.3 Å². The Morgan fingerprint density at radius 3 is 2.39 bits per heavy atom. The van der Waals surface area contributed by atoms with Gasteiger partial charge in [0.15, 0.2) is 4.77 Å². The van der Waals surface area contributed by atoms with E-state index in [0.29, 0.717) is 12.0 Å². The van der Waals surface area contributed by atoms with Gasteiger partial charge in [0, 0.05) is 11.6 Å². The largest absolute Gasteiger partial charge is 0.417 e. The van der Waals surface area contributed by atoms with Crippen molar-refractivity contribution >= 4 is 23.3 Å². The first-order valence-corrected chi connectivity index (χ1v) is 9.44. The van der Waals surface area contributed by atoms with Crippen LogP contribution in [0.4, 0.5) is 13.2 Å². The zero-order chi connectivity index (χ0) is 20.6. The van der Waals surface area contributed by atoms with Gasteiger partial charge in [0.05, 0.1) is 16.6 Å². The van der Waals surface area contributed by atoms with Gasteiger partial charge in [-0.25, -0.2) is 4.98 Å². The predicted molar refractivity (Wildman–Crippen MR) is 106 cm³/mol. The summed E-state index contributed by atoms with van der Waals surface area (Å²) in [7, 11) is 0. The number of pyridine rings is 1. The third-order valence-corrected chi connectivity index (χ3v) is 5.19. The smallest absolute Gasteiger partial charge is 0.300 e. The van der Waals surface area contributed by atoms with Crippen LogP contribution in [0.1, 0.15) is 44.4 Å². The lowest BCUT2D eigenvalue weighted by Crippen LogP contribution is -2.22. The average Bonchev–Trinajstić information content (AvgIpc) is 2.66. The number of aryl methyl sites for hydroxylation is 1. The number of rotatable bonds is 4. The van der Waals surface area contributed by atoms with E-state index in [4.69, 9.17) is 12.2 Å². The summed E-state index contributed by atoms with van der Waals surface area (Å²) >= 11 is 5.23. The van der Waals surface area contributed by atoms with Crippen molar-refractivity contribution in [2.75, 3.05) is 0 Å². The molecular weight excluding hydrogens is 387 g/mol. The number of nitrogens with zero attached hydrogens (tertiary/aromatic N) is 2. The number of alkyl halides is 3. The van der Waals surface area contributed by atoms with Crippen molar-refractivity contribution in [3.8, 4) is 11.3 Å². The third kappa shape index (κ3) is 3.61. The molecule has 4 nitrogen and oxygen atoms in total. The molecular formula is C20H20F3N3OS. The summed E-state index contributed by atoms with van der Waals surface area (Å²) in [6.45, 7) is 5.71. The van der Waals surface area contributed by atoms with Gasteiger partial charge < -0.3 is 0 Å². The highest BCUT2D eigenvalue weighted by atomic mass is 32.1. The molecule has 2 heterocycles. The monoisotopic (exact) mass is 407 g/mol. The first-order chi connectivity index (χ1) is 13.2. The summed E-state index contributed by atoms with van der Waals surface area (Å²) in [5.74, 6) is 0. The first-order valence-electron chi connectivity index (χ1n) is 9.03. The van der Waals surface area contributed by atoms with Crippen molar-refractivity contribution in [2.24, 2.45) is 0 Å². The number of hydrogen-bond donors (Lipinski definition) is 1. The Bertz CT molecular complexity index is 1130. The van der Waals surface area contributed by atoms with Crippen LogP contribution in [0.15, 0.2) is 35.1 Å². The molecule has 8 heteroatoms. The molecule has 0 fully saturated rings. The zero-order valence-electron chi connectivity index (χ0n) is 15.7. The Morgan fingerprint density at radius 2 is 1.86 bits per heavy atom. The third-order valence-electron chi connectivity index (χ3n) is 4.89. The van der Waals surface area contributed by atoms with E-state index in [1.165, 1.54) is 4.57 Å². The lowest BCUT2D eigenvalue weighted by molar-refractivity contribution is -0.136. The second-order valence-electron chi connectivity index (χ2n) is 6.69. The van der Waals surface area contributed by atoms with E-state index in [1.54, 1.807) is 12.1 Å². The molecule has 0 bridgehead atoms. The van der Waals surface area contributed by atoms with E-state index >= 15 is 0 Å². The minimum atomic E-state index is -4.71. The molecule has 0 amide bonds. The molecule has 0 radical (unpaired) electrons. The summed E-state index contributed by atoms with van der Waals surface area (Å²) in [6.07, 6.45) is -3.27. The topological polar surface area (TPSA) is 50.7 Å². The van der Waals surface area contributed by atoms with Crippen molar-refractivity contribution < 1.29 is 13.2 Å². The van der Waals surface area contributed by atoms with Gasteiger partial charge in [-0.2, -0.15) is 13.2 Å². The number of halogens is 3. The molecule has 0 aliphatic carbocycles. The Kier molecular flexibility index (Phi) is 5.43. The van der Waals surface area contributed by atoms with Crippen LogP contribution in [0.2, 0.25) is 0 Å². The molecule has 0 aliphatic heterocycles. The summed E-state index contributed by atoms with van der Waals surface area (Å²) in [4.78, 5) is 19.2. The number of aromatic nitrogens is 3. The molecule has 0 unspecified atom stereocenters. The average molecular weight is 407 g/mol. The van der Waals surface area contributed by atoms with E-state index in [2.05, 4.69) is 9.97 Å². The van der Waals surface area contributed by atoms with Gasteiger partial charge in [-0.1, -0.05) is 38.1 Å². The number of H-pyrrole nitrogens is 1. The summed E-state index contributed by atoms with van der Waals surface area (Å²) in [6, 6.07) is 7.90. The Labute approximate surface area is 165 Å². The van der Waals surface area contributed by atoms with Crippen molar-refractivity contribution in [1.29, 1.82) is 0 Å². The molecule has 1 atom stereocenters. The minimum Gasteiger partial charge on any atom is -0.300 e. The maximum absolute atomic E-state index is 13.8. The SMILES string of the molecule is CCc1ccc(-c2cc(C(F)(F)F)c3c(=O)[nH]c(=S)n([C@H](C)CC)c3n2)cc1. The van der Waals surface area contributed by atoms with E-state index < -0.39 is 22.7 Å². The molecule has 1 aromatic carbocycles. The van der Waals surface area contributed by atoms with E-state index in [0.717, 1.165) is 18.1 Å². The standard InChI is InChI=1S/C20H20F3N3OS/c1-4-11(3)26-17-16(18(27)25-19(26)28)14(20(21,22)23)10-15(24-17)13-8-6-12(5-2)7-9-13/h6-11H,4-5H2,1-3H3,(H,25,27,28)/t11-/m1/s1. The van der Waals surface area contributed by atoms with E-state index in [-0.39, 0.29) is 22.2 Å². The van der Waals surface area contributed by atoms with E-state index in [9.17, 15) is 18.0 Å². The highest BCUT2D eigenvalue weighted by Crippen LogP contribution is 2.36. The molecule has 0 spiro atoms. The van der Waals surface area contributed by atoms with Crippen LogP contribution < -0.4 is 5.56 Å². The van der Waals surface area contributed by atoms with Crippen LogP contribution in [0, 0.1) is 4.77 Å². The van der Waals surface area contributed by atoms with Gasteiger partial charge in [-0.05, 0) is 43.6 Å². The molecule has 2 aromatic heterocycles. The van der Waals surface area contributed by atoms with Crippen molar-refractivity contribution in [1.82, 2.24) is 14.5 Å². The lowest BCUT2D eigenvalue weighted by Gasteiger charge is -2.19.